The van der Waals surface area contributed by atoms with Crippen molar-refractivity contribution in [3.8, 4) is 0 Å². The fourth-order valence-corrected chi connectivity index (χ4v) is 1.34. The Hall–Kier alpha value is -0.830. The van der Waals surface area contributed by atoms with E-state index in [1.807, 2.05) is 32.0 Å². The molecule has 0 aliphatic heterocycles. The van der Waals surface area contributed by atoms with E-state index in [2.05, 4.69) is 28.2 Å². The van der Waals surface area contributed by atoms with E-state index in [4.69, 9.17) is 0 Å². The van der Waals surface area contributed by atoms with E-state index in [-0.39, 0.29) is 10.7 Å². The van der Waals surface area contributed by atoms with E-state index in [0.717, 1.165) is 12.1 Å². The average Bonchev–Trinajstić information content (AvgIpc) is 2.22. The zero-order chi connectivity index (χ0) is 11.4. The fourth-order valence-electron chi connectivity index (χ4n) is 1.23. The quantitative estimate of drug-likeness (QED) is 0.838. The second-order valence-corrected chi connectivity index (χ2v) is 4.77. The molecule has 0 heterocycles. The summed E-state index contributed by atoms with van der Waals surface area (Å²) in [4.78, 5) is 11.5. The first-order chi connectivity index (χ1) is 7.04. The number of rotatable bonds is 3. The molecule has 0 bridgehead atoms. The van der Waals surface area contributed by atoms with E-state index < -0.39 is 0 Å². The molecule has 1 amide bonds. The monoisotopic (exact) mass is 269 g/mol. The number of benzene rings is 1. The molecule has 0 fully saturated rings. The van der Waals surface area contributed by atoms with Gasteiger partial charge in [-0.2, -0.15) is 0 Å². The minimum absolute atomic E-state index is 0.0146. The minimum atomic E-state index is -0.112. The van der Waals surface area contributed by atoms with Gasteiger partial charge in [0.2, 0.25) is 5.91 Å². The van der Waals surface area contributed by atoms with Gasteiger partial charge in [0.05, 0.1) is 4.83 Å². The van der Waals surface area contributed by atoms with Gasteiger partial charge in [0.1, 0.15) is 0 Å². The van der Waals surface area contributed by atoms with E-state index in [0.29, 0.717) is 0 Å². The molecule has 1 rings (SSSR count). The third-order valence-corrected chi connectivity index (χ3v) is 3.48. The van der Waals surface area contributed by atoms with E-state index in [1.165, 1.54) is 11.1 Å². The number of hydrogen-bond donors (Lipinski definition) is 1. The summed E-state index contributed by atoms with van der Waals surface area (Å²) in [5, 5.41) is 2.87. The van der Waals surface area contributed by atoms with Gasteiger partial charge < -0.3 is 5.32 Å². The molecule has 0 saturated carbocycles. The summed E-state index contributed by atoms with van der Waals surface area (Å²) in [7, 11) is 0. The van der Waals surface area contributed by atoms with Crippen LogP contribution in [0.25, 0.3) is 0 Å². The fraction of sp³-hybridized carbons (Fsp3) is 0.417. The highest BCUT2D eigenvalue weighted by Crippen LogP contribution is 2.15. The van der Waals surface area contributed by atoms with Crippen LogP contribution in [-0.2, 0) is 4.79 Å². The highest BCUT2D eigenvalue weighted by atomic mass is 79.9. The van der Waals surface area contributed by atoms with Crippen molar-refractivity contribution in [3.05, 3.63) is 29.3 Å². The second-order valence-electron chi connectivity index (χ2n) is 3.66. The van der Waals surface area contributed by atoms with Gasteiger partial charge in [-0.1, -0.05) is 28.9 Å². The molecule has 1 atom stereocenters. The molecule has 1 aromatic carbocycles. The van der Waals surface area contributed by atoms with E-state index in [9.17, 15) is 4.79 Å². The Balaban J connectivity index is 2.73. The first kappa shape index (κ1) is 12.2. The predicted octanol–water partition coefficient (Wildman–Crippen LogP) is 3.42. The number of carbonyl (C=O) groups is 1. The number of nitrogens with one attached hydrogen (secondary N) is 1. The van der Waals surface area contributed by atoms with E-state index >= 15 is 0 Å². The van der Waals surface area contributed by atoms with Crippen LogP contribution in [0.1, 0.15) is 24.5 Å². The lowest BCUT2D eigenvalue weighted by Gasteiger charge is -2.10. The summed E-state index contributed by atoms with van der Waals surface area (Å²) in [6.45, 7) is 6.07. The number of aryl methyl sites for hydroxylation is 2. The highest BCUT2D eigenvalue weighted by Gasteiger charge is 2.12. The molecule has 2 nitrogen and oxygen atoms in total. The van der Waals surface area contributed by atoms with Gasteiger partial charge in [-0.05, 0) is 43.5 Å². The molecule has 15 heavy (non-hydrogen) atoms. The first-order valence-corrected chi connectivity index (χ1v) is 5.98. The first-order valence-electron chi connectivity index (χ1n) is 5.06. The predicted molar refractivity (Wildman–Crippen MR) is 67.6 cm³/mol. The number of alkyl halides is 1. The summed E-state index contributed by atoms with van der Waals surface area (Å²) >= 11 is 3.32. The van der Waals surface area contributed by atoms with Crippen LogP contribution in [0.2, 0.25) is 0 Å². The van der Waals surface area contributed by atoms with Crippen LogP contribution in [0.15, 0.2) is 18.2 Å². The summed E-state index contributed by atoms with van der Waals surface area (Å²) in [6.07, 6.45) is 0.788. The average molecular weight is 270 g/mol. The van der Waals surface area contributed by atoms with Crippen LogP contribution in [0.5, 0.6) is 0 Å². The molecular weight excluding hydrogens is 254 g/mol. The molecule has 0 aromatic heterocycles. The molecule has 0 saturated heterocycles. The van der Waals surface area contributed by atoms with Crippen LogP contribution in [0.4, 0.5) is 5.69 Å². The maximum atomic E-state index is 11.6. The molecule has 0 spiro atoms. The van der Waals surface area contributed by atoms with Crippen molar-refractivity contribution >= 4 is 27.5 Å². The van der Waals surface area contributed by atoms with Crippen LogP contribution >= 0.6 is 15.9 Å². The Bertz CT molecular complexity index is 363. The third-order valence-electron chi connectivity index (χ3n) is 2.42. The van der Waals surface area contributed by atoms with Gasteiger partial charge in [0.25, 0.3) is 0 Å². The molecule has 82 valence electrons. The maximum absolute atomic E-state index is 11.6. The number of amides is 1. The summed E-state index contributed by atoms with van der Waals surface area (Å²) < 4.78 is 0. The van der Waals surface area contributed by atoms with E-state index in [1.54, 1.807) is 0 Å². The van der Waals surface area contributed by atoms with Crippen molar-refractivity contribution in [1.29, 1.82) is 0 Å². The lowest BCUT2D eigenvalue weighted by atomic mass is 10.1. The molecule has 0 radical (unpaired) electrons. The van der Waals surface area contributed by atoms with Crippen molar-refractivity contribution in [2.24, 2.45) is 0 Å². The SMILES string of the molecule is CC[C@@H](Br)C(=O)Nc1ccc(C)c(C)c1. The second kappa shape index (κ2) is 5.31. The Labute approximate surface area is 99.2 Å². The van der Waals surface area contributed by atoms with Gasteiger partial charge >= 0.3 is 0 Å². The van der Waals surface area contributed by atoms with Gasteiger partial charge in [-0.15, -0.1) is 0 Å². The number of halogens is 1. The van der Waals surface area contributed by atoms with Crippen LogP contribution < -0.4 is 5.32 Å². The number of anilines is 1. The van der Waals surface area contributed by atoms with Gasteiger partial charge in [-0.3, -0.25) is 4.79 Å². The Morgan fingerprint density at radius 1 is 1.40 bits per heavy atom. The van der Waals surface area contributed by atoms with Crippen LogP contribution in [0.3, 0.4) is 0 Å². The Morgan fingerprint density at radius 2 is 2.07 bits per heavy atom. The Kier molecular flexibility index (Phi) is 4.33. The molecule has 0 unspecified atom stereocenters. The summed E-state index contributed by atoms with van der Waals surface area (Å²) in [5.41, 5.74) is 3.29. The highest BCUT2D eigenvalue weighted by molar-refractivity contribution is 9.10. The molecular formula is C12H16BrNO. The van der Waals surface area contributed by atoms with Crippen molar-refractivity contribution in [2.75, 3.05) is 5.32 Å². The van der Waals surface area contributed by atoms with Gasteiger partial charge in [-0.25, -0.2) is 0 Å². The number of hydrogen-bond acceptors (Lipinski definition) is 1. The topological polar surface area (TPSA) is 29.1 Å². The van der Waals surface area contributed by atoms with Crippen molar-refractivity contribution in [1.82, 2.24) is 0 Å². The van der Waals surface area contributed by atoms with Crippen LogP contribution in [-0.4, -0.2) is 10.7 Å². The molecule has 0 aliphatic carbocycles. The van der Waals surface area contributed by atoms with Crippen molar-refractivity contribution in [3.63, 3.8) is 0 Å². The zero-order valence-corrected chi connectivity index (χ0v) is 10.9. The number of carbonyl (C=O) groups excluding carboxylic acids is 1. The van der Waals surface area contributed by atoms with Gasteiger partial charge in [0.15, 0.2) is 0 Å². The summed E-state index contributed by atoms with van der Waals surface area (Å²) in [5.74, 6) is 0.0146. The van der Waals surface area contributed by atoms with Gasteiger partial charge in [0, 0.05) is 5.69 Å². The molecule has 1 aromatic rings. The molecule has 0 aliphatic rings. The van der Waals surface area contributed by atoms with Crippen molar-refractivity contribution < 1.29 is 4.79 Å². The minimum Gasteiger partial charge on any atom is -0.325 e. The molecule has 3 heteroatoms. The standard InChI is InChI=1S/C12H16BrNO/c1-4-11(13)12(15)14-10-6-5-8(2)9(3)7-10/h5-7,11H,4H2,1-3H3,(H,14,15)/t11-/m1/s1. The summed E-state index contributed by atoms with van der Waals surface area (Å²) in [6, 6.07) is 5.93. The lowest BCUT2D eigenvalue weighted by Crippen LogP contribution is -2.21. The lowest BCUT2D eigenvalue weighted by molar-refractivity contribution is -0.115. The molecule has 1 N–H and O–H groups in total. The normalized spacial score (nSPS) is 12.3. The third kappa shape index (κ3) is 3.34. The van der Waals surface area contributed by atoms with Crippen molar-refractivity contribution in [2.45, 2.75) is 32.0 Å². The zero-order valence-electron chi connectivity index (χ0n) is 9.30. The smallest absolute Gasteiger partial charge is 0.238 e. The Morgan fingerprint density at radius 3 is 2.60 bits per heavy atom. The largest absolute Gasteiger partial charge is 0.325 e. The van der Waals surface area contributed by atoms with Crippen LogP contribution in [0, 0.1) is 13.8 Å². The maximum Gasteiger partial charge on any atom is 0.238 e.